The molecule has 1 rings (SSSR count). The van der Waals surface area contributed by atoms with Gasteiger partial charge in [0.1, 0.15) is 0 Å². The molecule has 0 aromatic carbocycles. The van der Waals surface area contributed by atoms with Gasteiger partial charge in [-0.1, -0.05) is 0 Å². The molecule has 84 valence electrons. The highest BCUT2D eigenvalue weighted by Crippen LogP contribution is 2.00. The van der Waals surface area contributed by atoms with E-state index in [1.54, 1.807) is 0 Å². The van der Waals surface area contributed by atoms with Gasteiger partial charge in [-0.15, -0.1) is 0 Å². The van der Waals surface area contributed by atoms with Crippen molar-refractivity contribution in [3.8, 4) is 0 Å². The Bertz CT molecular complexity index is 266. The Morgan fingerprint density at radius 1 is 1.57 bits per heavy atom. The highest BCUT2D eigenvalue weighted by Gasteiger charge is 2.17. The molecular weight excluding hydrogens is 202 g/mol. The van der Waals surface area contributed by atoms with E-state index in [0.29, 0.717) is 12.6 Å². The van der Waals surface area contributed by atoms with Gasteiger partial charge in [0.2, 0.25) is 10.0 Å². The standard InChI is InChI=1S/C8H19N3O2S/c1-8-7-9-3-5-11(8)6-4-10-14(2,12)13/h8-10H,3-7H2,1-2H3/t8-/m0/s1. The molecule has 1 heterocycles. The molecule has 0 amide bonds. The van der Waals surface area contributed by atoms with E-state index < -0.39 is 10.0 Å². The van der Waals surface area contributed by atoms with Crippen LogP contribution in [0.25, 0.3) is 0 Å². The summed E-state index contributed by atoms with van der Waals surface area (Å²) < 4.78 is 24.1. The normalized spacial score (nSPS) is 25.1. The molecule has 0 unspecified atom stereocenters. The second-order valence-electron chi connectivity index (χ2n) is 3.76. The van der Waals surface area contributed by atoms with Gasteiger partial charge >= 0.3 is 0 Å². The number of nitrogens with zero attached hydrogens (tertiary/aromatic N) is 1. The van der Waals surface area contributed by atoms with Crippen molar-refractivity contribution >= 4 is 10.0 Å². The van der Waals surface area contributed by atoms with E-state index in [-0.39, 0.29) is 0 Å². The minimum Gasteiger partial charge on any atom is -0.314 e. The summed E-state index contributed by atoms with van der Waals surface area (Å²) in [6.07, 6.45) is 1.19. The van der Waals surface area contributed by atoms with E-state index in [2.05, 4.69) is 21.9 Å². The zero-order valence-electron chi connectivity index (χ0n) is 8.78. The van der Waals surface area contributed by atoms with E-state index in [1.807, 2.05) is 0 Å². The quantitative estimate of drug-likeness (QED) is 0.628. The molecule has 0 aromatic heterocycles. The maximum absolute atomic E-state index is 10.8. The lowest BCUT2D eigenvalue weighted by Gasteiger charge is -2.33. The molecule has 5 nitrogen and oxygen atoms in total. The fourth-order valence-corrected chi connectivity index (χ4v) is 2.05. The number of hydrogen-bond donors (Lipinski definition) is 2. The van der Waals surface area contributed by atoms with Gasteiger partial charge in [-0.05, 0) is 6.92 Å². The van der Waals surface area contributed by atoms with Crippen LogP contribution in [0.1, 0.15) is 6.92 Å². The molecule has 0 aliphatic carbocycles. The van der Waals surface area contributed by atoms with Gasteiger partial charge in [0.05, 0.1) is 6.26 Å². The summed E-state index contributed by atoms with van der Waals surface area (Å²) in [5.41, 5.74) is 0. The van der Waals surface area contributed by atoms with Crippen LogP contribution in [0.5, 0.6) is 0 Å². The number of sulfonamides is 1. The monoisotopic (exact) mass is 221 g/mol. The zero-order valence-corrected chi connectivity index (χ0v) is 9.60. The van der Waals surface area contributed by atoms with Crippen LogP contribution in [-0.2, 0) is 10.0 Å². The van der Waals surface area contributed by atoms with Gasteiger partial charge in [-0.3, -0.25) is 4.90 Å². The molecule has 2 N–H and O–H groups in total. The van der Waals surface area contributed by atoms with Crippen molar-refractivity contribution in [3.63, 3.8) is 0 Å². The maximum Gasteiger partial charge on any atom is 0.208 e. The minimum atomic E-state index is -3.03. The Morgan fingerprint density at radius 2 is 2.29 bits per heavy atom. The van der Waals surface area contributed by atoms with Crippen LogP contribution in [0.2, 0.25) is 0 Å². The second-order valence-corrected chi connectivity index (χ2v) is 5.59. The molecule has 14 heavy (non-hydrogen) atoms. The van der Waals surface area contributed by atoms with E-state index in [4.69, 9.17) is 0 Å². The Labute approximate surface area is 85.9 Å². The van der Waals surface area contributed by atoms with Gasteiger partial charge in [0.15, 0.2) is 0 Å². The number of hydrogen-bond acceptors (Lipinski definition) is 4. The number of rotatable bonds is 4. The topological polar surface area (TPSA) is 61.4 Å². The van der Waals surface area contributed by atoms with E-state index in [1.165, 1.54) is 6.26 Å². The van der Waals surface area contributed by atoms with Gasteiger partial charge in [-0.2, -0.15) is 0 Å². The van der Waals surface area contributed by atoms with Crippen molar-refractivity contribution in [1.82, 2.24) is 14.9 Å². The molecule has 1 fully saturated rings. The van der Waals surface area contributed by atoms with E-state index >= 15 is 0 Å². The zero-order chi connectivity index (χ0) is 10.6. The summed E-state index contributed by atoms with van der Waals surface area (Å²) in [5.74, 6) is 0. The Morgan fingerprint density at radius 3 is 2.86 bits per heavy atom. The predicted molar refractivity (Wildman–Crippen MR) is 56.8 cm³/mol. The fourth-order valence-electron chi connectivity index (χ4n) is 1.59. The second kappa shape index (κ2) is 5.06. The van der Waals surface area contributed by atoms with Gasteiger partial charge in [-0.25, -0.2) is 13.1 Å². The minimum absolute atomic E-state index is 0.491. The van der Waals surface area contributed by atoms with Gasteiger partial charge in [0.25, 0.3) is 0 Å². The summed E-state index contributed by atoms with van der Waals surface area (Å²) in [6, 6.07) is 0.491. The smallest absolute Gasteiger partial charge is 0.208 e. The summed E-state index contributed by atoms with van der Waals surface area (Å²) in [4.78, 5) is 2.29. The summed E-state index contributed by atoms with van der Waals surface area (Å²) in [6.45, 7) is 6.40. The Balaban J connectivity index is 2.23. The molecule has 0 radical (unpaired) electrons. The first kappa shape index (κ1) is 11.9. The van der Waals surface area contributed by atoms with E-state index in [0.717, 1.165) is 26.2 Å². The van der Waals surface area contributed by atoms with Crippen molar-refractivity contribution in [3.05, 3.63) is 0 Å². The van der Waals surface area contributed by atoms with Crippen LogP contribution in [0.3, 0.4) is 0 Å². The number of piperazine rings is 1. The van der Waals surface area contributed by atoms with Crippen LogP contribution < -0.4 is 10.0 Å². The van der Waals surface area contributed by atoms with Crippen LogP contribution in [0.4, 0.5) is 0 Å². The highest BCUT2D eigenvalue weighted by atomic mass is 32.2. The van der Waals surface area contributed by atoms with Crippen molar-refractivity contribution in [1.29, 1.82) is 0 Å². The molecule has 1 saturated heterocycles. The third-order valence-electron chi connectivity index (χ3n) is 2.40. The molecule has 1 aliphatic heterocycles. The molecule has 1 atom stereocenters. The molecular formula is C8H19N3O2S. The SMILES string of the molecule is C[C@H]1CNCCN1CCNS(C)(=O)=O. The van der Waals surface area contributed by atoms with Crippen molar-refractivity contribution in [2.45, 2.75) is 13.0 Å². The first-order chi connectivity index (χ1) is 6.49. The van der Waals surface area contributed by atoms with E-state index in [9.17, 15) is 8.42 Å². The summed E-state index contributed by atoms with van der Waals surface area (Å²) >= 11 is 0. The lowest BCUT2D eigenvalue weighted by atomic mass is 10.2. The summed E-state index contributed by atoms with van der Waals surface area (Å²) in [5, 5.41) is 3.29. The van der Waals surface area contributed by atoms with Crippen LogP contribution >= 0.6 is 0 Å². The molecule has 0 aromatic rings. The van der Waals surface area contributed by atoms with Crippen molar-refractivity contribution in [2.24, 2.45) is 0 Å². The molecule has 6 heteroatoms. The maximum atomic E-state index is 10.8. The highest BCUT2D eigenvalue weighted by molar-refractivity contribution is 7.88. The lowest BCUT2D eigenvalue weighted by molar-refractivity contribution is 0.177. The average Bonchev–Trinajstić information content (AvgIpc) is 2.06. The van der Waals surface area contributed by atoms with Crippen molar-refractivity contribution in [2.75, 3.05) is 39.0 Å². The molecule has 1 aliphatic rings. The third kappa shape index (κ3) is 4.36. The first-order valence-corrected chi connectivity index (χ1v) is 6.77. The Hall–Kier alpha value is -0.170. The molecule has 0 saturated carbocycles. The number of nitrogens with one attached hydrogen (secondary N) is 2. The fraction of sp³-hybridized carbons (Fsp3) is 1.00. The largest absolute Gasteiger partial charge is 0.314 e. The first-order valence-electron chi connectivity index (χ1n) is 4.88. The van der Waals surface area contributed by atoms with Crippen LogP contribution in [0.15, 0.2) is 0 Å². The van der Waals surface area contributed by atoms with Gasteiger partial charge in [0, 0.05) is 38.8 Å². The molecule has 0 bridgehead atoms. The lowest BCUT2D eigenvalue weighted by Crippen LogP contribution is -2.51. The average molecular weight is 221 g/mol. The molecule has 0 spiro atoms. The van der Waals surface area contributed by atoms with Crippen LogP contribution in [0, 0.1) is 0 Å². The summed E-state index contributed by atoms with van der Waals surface area (Å²) in [7, 11) is -3.03. The third-order valence-corrected chi connectivity index (χ3v) is 3.13. The predicted octanol–water partition coefficient (Wildman–Crippen LogP) is -1.17. The van der Waals surface area contributed by atoms with Gasteiger partial charge < -0.3 is 5.32 Å². The van der Waals surface area contributed by atoms with Crippen molar-refractivity contribution < 1.29 is 8.42 Å². The Kier molecular flexibility index (Phi) is 4.31. The van der Waals surface area contributed by atoms with Crippen LogP contribution in [-0.4, -0.2) is 58.3 Å².